The molecule has 1 aromatic carbocycles. The maximum Gasteiger partial charge on any atom is 0.321 e. The monoisotopic (exact) mass is 258 g/mol. The van der Waals surface area contributed by atoms with Gasteiger partial charge in [0, 0.05) is 6.07 Å². The van der Waals surface area contributed by atoms with Crippen molar-refractivity contribution in [2.75, 3.05) is 19.7 Å². The molecule has 1 aliphatic rings. The summed E-state index contributed by atoms with van der Waals surface area (Å²) in [6, 6.07) is 4.19. The Morgan fingerprint density at radius 3 is 2.76 bits per heavy atom. The summed E-state index contributed by atoms with van der Waals surface area (Å²) in [4.78, 5) is 11.0. The standard InChI is InChI=1S/C10H10O6S/c1-14-10(11)5-17(12,13)7-2-3-8-9(4-7)16-6-15-8/h2-4H,5-6H2,1H3. The van der Waals surface area contributed by atoms with Crippen LogP contribution in [0.3, 0.4) is 0 Å². The molecule has 1 aromatic rings. The van der Waals surface area contributed by atoms with Gasteiger partial charge in [0.2, 0.25) is 6.79 Å². The zero-order valence-electron chi connectivity index (χ0n) is 9.00. The Hall–Kier alpha value is -1.76. The molecule has 17 heavy (non-hydrogen) atoms. The highest BCUT2D eigenvalue weighted by atomic mass is 32.2. The lowest BCUT2D eigenvalue weighted by Crippen LogP contribution is -2.17. The van der Waals surface area contributed by atoms with Gasteiger partial charge in [-0.3, -0.25) is 4.79 Å². The minimum absolute atomic E-state index is 0.00662. The number of methoxy groups -OCH3 is 1. The molecule has 0 aliphatic carbocycles. The summed E-state index contributed by atoms with van der Waals surface area (Å²) in [5.41, 5.74) is 0. The van der Waals surface area contributed by atoms with Crippen molar-refractivity contribution in [3.63, 3.8) is 0 Å². The number of carbonyl (C=O) groups is 1. The molecule has 0 unspecified atom stereocenters. The molecule has 0 atom stereocenters. The SMILES string of the molecule is COC(=O)CS(=O)(=O)c1ccc2c(c1)OCO2. The van der Waals surface area contributed by atoms with Crippen molar-refractivity contribution < 1.29 is 27.4 Å². The van der Waals surface area contributed by atoms with E-state index in [4.69, 9.17) is 9.47 Å². The maximum absolute atomic E-state index is 11.8. The maximum atomic E-state index is 11.8. The number of sulfone groups is 1. The predicted molar refractivity (Wildman–Crippen MR) is 56.6 cm³/mol. The molecule has 7 heteroatoms. The van der Waals surface area contributed by atoms with Gasteiger partial charge in [-0.1, -0.05) is 0 Å². The van der Waals surface area contributed by atoms with E-state index in [9.17, 15) is 13.2 Å². The molecule has 92 valence electrons. The van der Waals surface area contributed by atoms with Gasteiger partial charge in [0.05, 0.1) is 12.0 Å². The number of fused-ring (bicyclic) bond motifs is 1. The minimum Gasteiger partial charge on any atom is -0.468 e. The highest BCUT2D eigenvalue weighted by molar-refractivity contribution is 7.92. The number of esters is 1. The van der Waals surface area contributed by atoms with E-state index in [-0.39, 0.29) is 11.7 Å². The van der Waals surface area contributed by atoms with Crippen molar-refractivity contribution >= 4 is 15.8 Å². The molecule has 0 radical (unpaired) electrons. The van der Waals surface area contributed by atoms with Crippen LogP contribution in [-0.4, -0.2) is 34.0 Å². The lowest BCUT2D eigenvalue weighted by atomic mass is 10.3. The first-order valence-electron chi connectivity index (χ1n) is 4.72. The van der Waals surface area contributed by atoms with Crippen molar-refractivity contribution in [3.05, 3.63) is 18.2 Å². The van der Waals surface area contributed by atoms with Crippen molar-refractivity contribution in [2.45, 2.75) is 4.90 Å². The van der Waals surface area contributed by atoms with Gasteiger partial charge in [-0.25, -0.2) is 8.42 Å². The summed E-state index contributed by atoms with van der Waals surface area (Å²) in [6.45, 7) is 0.0653. The molecule has 1 heterocycles. The molecule has 2 rings (SSSR count). The second-order valence-corrected chi connectivity index (χ2v) is 5.34. The Labute approximate surface area is 98.0 Å². The summed E-state index contributed by atoms with van der Waals surface area (Å²) in [6.07, 6.45) is 0. The fourth-order valence-corrected chi connectivity index (χ4v) is 2.52. The predicted octanol–water partition coefficient (Wildman–Crippen LogP) is 0.362. The van der Waals surface area contributed by atoms with Crippen molar-refractivity contribution in [1.29, 1.82) is 0 Å². The van der Waals surface area contributed by atoms with E-state index in [1.807, 2.05) is 0 Å². The molecule has 0 bridgehead atoms. The Balaban J connectivity index is 2.31. The summed E-state index contributed by atoms with van der Waals surface area (Å²) in [5.74, 6) is -0.649. The average molecular weight is 258 g/mol. The summed E-state index contributed by atoms with van der Waals surface area (Å²) < 4.78 is 38.1. The largest absolute Gasteiger partial charge is 0.468 e. The Morgan fingerprint density at radius 1 is 1.35 bits per heavy atom. The highest BCUT2D eigenvalue weighted by Crippen LogP contribution is 2.34. The van der Waals surface area contributed by atoms with E-state index in [0.717, 1.165) is 7.11 Å². The van der Waals surface area contributed by atoms with Gasteiger partial charge >= 0.3 is 5.97 Å². The van der Waals surface area contributed by atoms with Crippen LogP contribution in [0.15, 0.2) is 23.1 Å². The van der Waals surface area contributed by atoms with Crippen molar-refractivity contribution in [1.82, 2.24) is 0 Å². The highest BCUT2D eigenvalue weighted by Gasteiger charge is 2.23. The van der Waals surface area contributed by atoms with Gasteiger partial charge in [-0.05, 0) is 12.1 Å². The molecule has 0 spiro atoms. The van der Waals surface area contributed by atoms with Gasteiger partial charge in [-0.15, -0.1) is 0 Å². The summed E-state index contributed by atoms with van der Waals surface area (Å²) in [7, 11) is -2.57. The molecule has 0 fully saturated rings. The molecule has 1 aliphatic heterocycles. The third-order valence-corrected chi connectivity index (χ3v) is 3.83. The van der Waals surface area contributed by atoms with E-state index in [0.29, 0.717) is 11.5 Å². The van der Waals surface area contributed by atoms with E-state index >= 15 is 0 Å². The van der Waals surface area contributed by atoms with E-state index in [1.165, 1.54) is 18.2 Å². The molecular formula is C10H10O6S. The second kappa shape index (κ2) is 4.25. The van der Waals surface area contributed by atoms with E-state index in [1.54, 1.807) is 0 Å². The van der Waals surface area contributed by atoms with Crippen LogP contribution in [0.1, 0.15) is 0 Å². The van der Waals surface area contributed by atoms with E-state index in [2.05, 4.69) is 4.74 Å². The van der Waals surface area contributed by atoms with Gasteiger partial charge in [0.15, 0.2) is 27.1 Å². The van der Waals surface area contributed by atoms with Crippen molar-refractivity contribution in [2.24, 2.45) is 0 Å². The molecule has 6 nitrogen and oxygen atoms in total. The fourth-order valence-electron chi connectivity index (χ4n) is 1.37. The molecule has 0 amide bonds. The Kier molecular flexibility index (Phi) is 2.93. The first kappa shape index (κ1) is 11.7. The Bertz CT molecular complexity index is 548. The molecule has 0 N–H and O–H groups in total. The molecule has 0 saturated heterocycles. The lowest BCUT2D eigenvalue weighted by molar-refractivity contribution is -0.137. The quantitative estimate of drug-likeness (QED) is 0.728. The van der Waals surface area contributed by atoms with Crippen LogP contribution in [-0.2, 0) is 19.4 Å². The molecule has 0 aromatic heterocycles. The molecule has 0 saturated carbocycles. The number of hydrogen-bond acceptors (Lipinski definition) is 6. The third kappa shape index (κ3) is 2.33. The number of carbonyl (C=O) groups excluding carboxylic acids is 1. The van der Waals surface area contributed by atoms with Gasteiger partial charge < -0.3 is 14.2 Å². The van der Waals surface area contributed by atoms with Crippen LogP contribution < -0.4 is 9.47 Å². The zero-order chi connectivity index (χ0) is 12.5. The van der Waals surface area contributed by atoms with Gasteiger partial charge in [-0.2, -0.15) is 0 Å². The van der Waals surface area contributed by atoms with Crippen molar-refractivity contribution in [3.8, 4) is 11.5 Å². The van der Waals surface area contributed by atoms with Crippen LogP contribution in [0.2, 0.25) is 0 Å². The van der Waals surface area contributed by atoms with Gasteiger partial charge in [0.25, 0.3) is 0 Å². The van der Waals surface area contributed by atoms with E-state index < -0.39 is 21.6 Å². The summed E-state index contributed by atoms with van der Waals surface area (Å²) >= 11 is 0. The second-order valence-electron chi connectivity index (χ2n) is 3.35. The normalized spacial score (nSPS) is 13.5. The number of hydrogen-bond donors (Lipinski definition) is 0. The number of benzene rings is 1. The topological polar surface area (TPSA) is 78.9 Å². The van der Waals surface area contributed by atoms with Crippen LogP contribution in [0.25, 0.3) is 0 Å². The van der Waals surface area contributed by atoms with Crippen LogP contribution in [0, 0.1) is 0 Å². The number of ether oxygens (including phenoxy) is 3. The Morgan fingerprint density at radius 2 is 2.06 bits per heavy atom. The smallest absolute Gasteiger partial charge is 0.321 e. The third-order valence-electron chi connectivity index (χ3n) is 2.24. The first-order valence-corrected chi connectivity index (χ1v) is 6.37. The summed E-state index contributed by atoms with van der Waals surface area (Å²) in [5, 5.41) is 0. The first-order chi connectivity index (χ1) is 8.03. The lowest BCUT2D eigenvalue weighted by Gasteiger charge is -2.04. The average Bonchev–Trinajstić information content (AvgIpc) is 2.75. The van der Waals surface area contributed by atoms with Crippen LogP contribution >= 0.6 is 0 Å². The molecular weight excluding hydrogens is 248 g/mol. The zero-order valence-corrected chi connectivity index (χ0v) is 9.82. The number of rotatable bonds is 3. The van der Waals surface area contributed by atoms with Gasteiger partial charge in [0.1, 0.15) is 0 Å². The fraction of sp³-hybridized carbons (Fsp3) is 0.300. The van der Waals surface area contributed by atoms with Crippen LogP contribution in [0.5, 0.6) is 11.5 Å². The van der Waals surface area contributed by atoms with Crippen LogP contribution in [0.4, 0.5) is 0 Å². The minimum atomic E-state index is -3.70.